The second-order valence-corrected chi connectivity index (χ2v) is 8.90. The zero-order valence-electron chi connectivity index (χ0n) is 19.2. The number of halogens is 3. The van der Waals surface area contributed by atoms with Gasteiger partial charge in [0.05, 0.1) is 23.3 Å². The van der Waals surface area contributed by atoms with Gasteiger partial charge in [0.25, 0.3) is 0 Å². The summed E-state index contributed by atoms with van der Waals surface area (Å²) in [4.78, 5) is 16.7. The lowest BCUT2D eigenvalue weighted by atomic mass is 9.66. The Labute approximate surface area is 210 Å². The summed E-state index contributed by atoms with van der Waals surface area (Å²) < 4.78 is 43.1. The van der Waals surface area contributed by atoms with Crippen LogP contribution in [0.3, 0.4) is 0 Å². The summed E-state index contributed by atoms with van der Waals surface area (Å²) in [7, 11) is 0. The van der Waals surface area contributed by atoms with E-state index in [-0.39, 0.29) is 11.3 Å². The van der Waals surface area contributed by atoms with Gasteiger partial charge in [0.2, 0.25) is 0 Å². The SMILES string of the molecule is N#Cc1ccc(N2C(=O)N(c3ccc(C#N)cc3)C(O)(c3cccc(OC(F)(F)F)c3)C23CCC3)cc1. The maximum Gasteiger partial charge on any atom is 0.573 e. The van der Waals surface area contributed by atoms with E-state index >= 15 is 0 Å². The van der Waals surface area contributed by atoms with E-state index in [9.17, 15) is 33.6 Å². The summed E-state index contributed by atoms with van der Waals surface area (Å²) in [6.07, 6.45) is -3.54. The first-order chi connectivity index (χ1) is 17.6. The zero-order chi connectivity index (χ0) is 26.4. The highest BCUT2D eigenvalue weighted by molar-refractivity contribution is 6.09. The molecule has 7 nitrogen and oxygen atoms in total. The number of aliphatic hydroxyl groups is 1. The van der Waals surface area contributed by atoms with Crippen LogP contribution in [-0.2, 0) is 5.72 Å². The van der Waals surface area contributed by atoms with Gasteiger partial charge in [0, 0.05) is 16.9 Å². The van der Waals surface area contributed by atoms with Crippen LogP contribution in [0, 0.1) is 22.7 Å². The molecule has 10 heteroatoms. The number of hydrogen-bond acceptors (Lipinski definition) is 5. The van der Waals surface area contributed by atoms with E-state index in [1.807, 2.05) is 12.1 Å². The number of hydrogen-bond donors (Lipinski definition) is 1. The second-order valence-electron chi connectivity index (χ2n) is 8.90. The van der Waals surface area contributed by atoms with Crippen molar-refractivity contribution in [3.8, 4) is 17.9 Å². The smallest absolute Gasteiger partial charge is 0.406 e. The summed E-state index contributed by atoms with van der Waals surface area (Å²) in [5, 5.41) is 30.9. The van der Waals surface area contributed by atoms with Gasteiger partial charge in [0.15, 0.2) is 5.72 Å². The fourth-order valence-electron chi connectivity index (χ4n) is 5.20. The average molecular weight is 504 g/mol. The molecule has 37 heavy (non-hydrogen) atoms. The van der Waals surface area contributed by atoms with Crippen LogP contribution in [0.4, 0.5) is 29.3 Å². The molecule has 1 saturated heterocycles. The third-order valence-corrected chi connectivity index (χ3v) is 6.94. The standard InChI is InChI=1S/C27H19F3N4O3/c28-27(29,30)37-23-4-1-3-20(15-23)26(36)25(13-2-14-25)33(21-9-5-18(16-31)6-10-21)24(35)34(26)22-11-7-19(17-32)8-12-22/h1,3-12,15,36H,2,13-14H2. The van der Waals surface area contributed by atoms with Gasteiger partial charge >= 0.3 is 12.4 Å². The molecule has 0 radical (unpaired) electrons. The summed E-state index contributed by atoms with van der Waals surface area (Å²) >= 11 is 0. The van der Waals surface area contributed by atoms with Crippen LogP contribution in [-0.4, -0.2) is 23.0 Å². The van der Waals surface area contributed by atoms with E-state index < -0.39 is 29.4 Å². The molecule has 1 aliphatic carbocycles. The van der Waals surface area contributed by atoms with Gasteiger partial charge in [-0.25, -0.2) is 4.79 Å². The third-order valence-electron chi connectivity index (χ3n) is 6.94. The number of ether oxygens (including phenoxy) is 1. The van der Waals surface area contributed by atoms with Gasteiger partial charge in [-0.05, 0) is 79.9 Å². The predicted octanol–water partition coefficient (Wildman–Crippen LogP) is 5.54. The number of alkyl halides is 3. The molecule has 2 fully saturated rings. The van der Waals surface area contributed by atoms with Crippen LogP contribution >= 0.6 is 0 Å². The molecule has 1 unspecified atom stereocenters. The Morgan fingerprint density at radius 2 is 1.41 bits per heavy atom. The number of rotatable bonds is 4. The Morgan fingerprint density at radius 1 is 0.865 bits per heavy atom. The van der Waals surface area contributed by atoms with Gasteiger partial charge < -0.3 is 9.84 Å². The van der Waals surface area contributed by atoms with E-state index in [1.165, 1.54) is 41.3 Å². The molecule has 2 amide bonds. The fraction of sp³-hybridized carbons (Fsp3) is 0.222. The number of carbonyl (C=O) groups excluding carboxylic acids is 1. The summed E-state index contributed by atoms with van der Waals surface area (Å²) in [5.74, 6) is -0.531. The highest BCUT2D eigenvalue weighted by atomic mass is 19.4. The zero-order valence-corrected chi connectivity index (χ0v) is 19.2. The Bertz CT molecular complexity index is 1440. The normalized spacial score (nSPS) is 20.3. The van der Waals surface area contributed by atoms with Gasteiger partial charge in [-0.1, -0.05) is 12.1 Å². The van der Waals surface area contributed by atoms with Crippen molar-refractivity contribution in [3.05, 3.63) is 89.5 Å². The van der Waals surface area contributed by atoms with Crippen LogP contribution in [0.25, 0.3) is 0 Å². The van der Waals surface area contributed by atoms with Crippen molar-refractivity contribution in [1.82, 2.24) is 0 Å². The van der Waals surface area contributed by atoms with E-state index in [4.69, 9.17) is 0 Å². The highest BCUT2D eigenvalue weighted by Gasteiger charge is 2.70. The number of anilines is 2. The molecule has 3 aromatic carbocycles. The van der Waals surface area contributed by atoms with E-state index in [2.05, 4.69) is 4.74 Å². The first-order valence-corrected chi connectivity index (χ1v) is 11.4. The fourth-order valence-corrected chi connectivity index (χ4v) is 5.20. The Morgan fingerprint density at radius 3 is 1.86 bits per heavy atom. The third kappa shape index (κ3) is 3.74. The minimum absolute atomic E-state index is 0.0443. The Kier molecular flexibility index (Phi) is 5.58. The quantitative estimate of drug-likeness (QED) is 0.503. The monoisotopic (exact) mass is 504 g/mol. The number of carbonyl (C=O) groups is 1. The number of nitriles is 2. The molecule has 0 aromatic heterocycles. The lowest BCUT2D eigenvalue weighted by Crippen LogP contribution is -2.63. The predicted molar refractivity (Wildman–Crippen MR) is 126 cm³/mol. The van der Waals surface area contributed by atoms with Gasteiger partial charge in [-0.15, -0.1) is 13.2 Å². The molecular formula is C27H19F3N4O3. The number of benzene rings is 3. The van der Waals surface area contributed by atoms with E-state index in [0.29, 0.717) is 36.1 Å². The largest absolute Gasteiger partial charge is 0.573 e. The first kappa shape index (κ1) is 24.2. The van der Waals surface area contributed by atoms with Crippen molar-refractivity contribution >= 4 is 17.4 Å². The van der Waals surface area contributed by atoms with Gasteiger partial charge in [0.1, 0.15) is 11.3 Å². The molecule has 1 saturated carbocycles. The van der Waals surface area contributed by atoms with Crippen LogP contribution < -0.4 is 14.5 Å². The molecule has 1 atom stereocenters. The summed E-state index contributed by atoms with van der Waals surface area (Å²) in [5.41, 5.74) is -1.85. The number of urea groups is 1. The maximum atomic E-state index is 14.1. The van der Waals surface area contributed by atoms with Crippen molar-refractivity contribution in [3.63, 3.8) is 0 Å². The number of amides is 2. The molecule has 0 bridgehead atoms. The Hall–Kier alpha value is -4.54. The molecule has 1 aliphatic heterocycles. The van der Waals surface area contributed by atoms with Crippen LogP contribution in [0.15, 0.2) is 72.8 Å². The van der Waals surface area contributed by atoms with Crippen LogP contribution in [0.2, 0.25) is 0 Å². The molecule has 1 spiro atoms. The lowest BCUT2D eigenvalue weighted by Gasteiger charge is -2.52. The van der Waals surface area contributed by atoms with E-state index in [1.54, 1.807) is 24.3 Å². The molecular weight excluding hydrogens is 485 g/mol. The van der Waals surface area contributed by atoms with Crippen LogP contribution in [0.5, 0.6) is 5.75 Å². The van der Waals surface area contributed by atoms with Crippen molar-refractivity contribution < 1.29 is 27.8 Å². The molecule has 3 aromatic rings. The highest BCUT2D eigenvalue weighted by Crippen LogP contribution is 2.59. The van der Waals surface area contributed by atoms with Gasteiger partial charge in [-0.2, -0.15) is 10.5 Å². The van der Waals surface area contributed by atoms with Gasteiger partial charge in [-0.3, -0.25) is 9.80 Å². The van der Waals surface area contributed by atoms with E-state index in [0.717, 1.165) is 17.0 Å². The lowest BCUT2D eigenvalue weighted by molar-refractivity contribution is -0.274. The average Bonchev–Trinajstić information content (AvgIpc) is 3.07. The molecule has 1 N–H and O–H groups in total. The second kappa shape index (κ2) is 8.54. The topological polar surface area (TPSA) is 101 Å². The van der Waals surface area contributed by atoms with Crippen molar-refractivity contribution in [2.75, 3.05) is 9.80 Å². The van der Waals surface area contributed by atoms with Crippen molar-refractivity contribution in [2.24, 2.45) is 0 Å². The maximum absolute atomic E-state index is 14.1. The molecule has 5 rings (SSSR count). The van der Waals surface area contributed by atoms with Crippen molar-refractivity contribution in [2.45, 2.75) is 36.9 Å². The van der Waals surface area contributed by atoms with Crippen molar-refractivity contribution in [1.29, 1.82) is 10.5 Å². The minimum atomic E-state index is -4.94. The number of nitrogens with zero attached hydrogens (tertiary/aromatic N) is 4. The minimum Gasteiger partial charge on any atom is -0.406 e. The molecule has 186 valence electrons. The Balaban J connectivity index is 1.72. The summed E-state index contributed by atoms with van der Waals surface area (Å²) in [6.45, 7) is 0. The summed E-state index contributed by atoms with van der Waals surface area (Å²) in [6, 6.07) is 20.7. The van der Waals surface area contributed by atoms with Crippen LogP contribution in [0.1, 0.15) is 36.0 Å². The molecule has 2 aliphatic rings. The first-order valence-electron chi connectivity index (χ1n) is 11.4. The molecule has 1 heterocycles.